The molecule has 0 saturated carbocycles. The molecule has 1 aromatic carbocycles. The summed E-state index contributed by atoms with van der Waals surface area (Å²) in [6, 6.07) is 6.44. The minimum atomic E-state index is -0.715. The third kappa shape index (κ3) is 4.75. The Bertz CT molecular complexity index is 354. The summed E-state index contributed by atoms with van der Waals surface area (Å²) in [6.45, 7) is 9.23. The lowest BCUT2D eigenvalue weighted by Gasteiger charge is -2.24. The van der Waals surface area contributed by atoms with E-state index >= 15 is 0 Å². The van der Waals surface area contributed by atoms with Crippen molar-refractivity contribution in [1.29, 1.82) is 0 Å². The standard InChI is InChI=1S/C15H24FNO/c1-4-17(11-12(2)3)10-9-15(18)13-7-5-6-8-14(13)16/h5-8,12,15,18H,4,9-11H2,1-3H3. The molecule has 1 aromatic rings. The molecule has 0 aliphatic rings. The van der Waals surface area contributed by atoms with Crippen molar-refractivity contribution in [2.75, 3.05) is 19.6 Å². The van der Waals surface area contributed by atoms with E-state index in [1.165, 1.54) is 6.07 Å². The first kappa shape index (κ1) is 15.1. The summed E-state index contributed by atoms with van der Waals surface area (Å²) in [7, 11) is 0. The molecule has 0 fully saturated rings. The molecule has 1 N–H and O–H groups in total. The maximum absolute atomic E-state index is 13.5. The Hall–Kier alpha value is -0.930. The largest absolute Gasteiger partial charge is 0.388 e. The molecule has 0 bridgehead atoms. The lowest BCUT2D eigenvalue weighted by atomic mass is 10.1. The number of hydrogen-bond acceptors (Lipinski definition) is 2. The van der Waals surface area contributed by atoms with Gasteiger partial charge >= 0.3 is 0 Å². The van der Waals surface area contributed by atoms with Crippen LogP contribution < -0.4 is 0 Å². The summed E-state index contributed by atoms with van der Waals surface area (Å²) in [6.07, 6.45) is -0.144. The number of rotatable bonds is 7. The number of aliphatic hydroxyl groups excluding tert-OH is 1. The molecule has 2 nitrogen and oxygen atoms in total. The highest BCUT2D eigenvalue weighted by molar-refractivity contribution is 5.19. The lowest BCUT2D eigenvalue weighted by Crippen LogP contribution is -2.29. The number of aliphatic hydroxyl groups is 1. The van der Waals surface area contributed by atoms with Gasteiger partial charge in [0.15, 0.2) is 0 Å². The normalized spacial score (nSPS) is 13.3. The molecule has 0 amide bonds. The monoisotopic (exact) mass is 253 g/mol. The maximum atomic E-state index is 13.5. The lowest BCUT2D eigenvalue weighted by molar-refractivity contribution is 0.136. The molecule has 102 valence electrons. The Morgan fingerprint density at radius 1 is 1.28 bits per heavy atom. The van der Waals surface area contributed by atoms with E-state index in [1.54, 1.807) is 18.2 Å². The van der Waals surface area contributed by atoms with Gasteiger partial charge < -0.3 is 10.0 Å². The molecule has 0 aliphatic carbocycles. The minimum Gasteiger partial charge on any atom is -0.388 e. The second-order valence-corrected chi connectivity index (χ2v) is 5.11. The molecular formula is C15H24FNO. The highest BCUT2D eigenvalue weighted by atomic mass is 19.1. The molecule has 0 aliphatic heterocycles. The first-order valence-electron chi connectivity index (χ1n) is 6.69. The second kappa shape index (κ2) is 7.49. The van der Waals surface area contributed by atoms with Gasteiger partial charge in [-0.15, -0.1) is 0 Å². The van der Waals surface area contributed by atoms with E-state index in [2.05, 4.69) is 25.7 Å². The third-order valence-electron chi connectivity index (χ3n) is 3.05. The van der Waals surface area contributed by atoms with Crippen LogP contribution in [0.4, 0.5) is 4.39 Å². The highest BCUT2D eigenvalue weighted by Gasteiger charge is 2.14. The molecule has 0 radical (unpaired) electrons. The van der Waals surface area contributed by atoms with Crippen LogP contribution in [-0.4, -0.2) is 29.6 Å². The summed E-state index contributed by atoms with van der Waals surface area (Å²) < 4.78 is 13.5. The van der Waals surface area contributed by atoms with E-state index in [9.17, 15) is 9.50 Å². The van der Waals surface area contributed by atoms with Crippen LogP contribution >= 0.6 is 0 Å². The van der Waals surface area contributed by atoms with Gasteiger partial charge in [-0.05, 0) is 24.9 Å². The average molecular weight is 253 g/mol. The number of nitrogens with zero attached hydrogens (tertiary/aromatic N) is 1. The molecule has 0 heterocycles. The van der Waals surface area contributed by atoms with Crippen molar-refractivity contribution in [2.24, 2.45) is 5.92 Å². The smallest absolute Gasteiger partial charge is 0.128 e. The fraction of sp³-hybridized carbons (Fsp3) is 0.600. The summed E-state index contributed by atoms with van der Waals surface area (Å²) in [5.41, 5.74) is 0.401. The number of hydrogen-bond donors (Lipinski definition) is 1. The van der Waals surface area contributed by atoms with Crippen LogP contribution in [0.5, 0.6) is 0 Å². The Balaban J connectivity index is 2.50. The zero-order valence-corrected chi connectivity index (χ0v) is 11.6. The topological polar surface area (TPSA) is 23.5 Å². The molecule has 1 rings (SSSR count). The van der Waals surface area contributed by atoms with Gasteiger partial charge in [-0.2, -0.15) is 0 Å². The van der Waals surface area contributed by atoms with Crippen LogP contribution in [0, 0.1) is 11.7 Å². The van der Waals surface area contributed by atoms with E-state index in [0.29, 0.717) is 17.9 Å². The molecule has 3 heteroatoms. The zero-order valence-electron chi connectivity index (χ0n) is 11.6. The first-order chi connectivity index (χ1) is 8.54. The number of halogens is 1. The van der Waals surface area contributed by atoms with Crippen molar-refractivity contribution in [3.8, 4) is 0 Å². The van der Waals surface area contributed by atoms with Crippen molar-refractivity contribution in [2.45, 2.75) is 33.3 Å². The first-order valence-corrected chi connectivity index (χ1v) is 6.69. The van der Waals surface area contributed by atoms with Crippen molar-refractivity contribution >= 4 is 0 Å². The molecule has 0 aromatic heterocycles. The highest BCUT2D eigenvalue weighted by Crippen LogP contribution is 2.20. The van der Waals surface area contributed by atoms with Gasteiger partial charge in [-0.3, -0.25) is 0 Å². The van der Waals surface area contributed by atoms with E-state index in [1.807, 2.05) is 0 Å². The van der Waals surface area contributed by atoms with Crippen LogP contribution in [0.1, 0.15) is 38.9 Å². The maximum Gasteiger partial charge on any atom is 0.128 e. The number of benzene rings is 1. The summed E-state index contributed by atoms with van der Waals surface area (Å²) in [5.74, 6) is 0.285. The van der Waals surface area contributed by atoms with Crippen LogP contribution in [0.3, 0.4) is 0 Å². The summed E-state index contributed by atoms with van der Waals surface area (Å²) in [5, 5.41) is 10.0. The predicted octanol–water partition coefficient (Wildman–Crippen LogP) is 3.23. The van der Waals surface area contributed by atoms with E-state index < -0.39 is 6.10 Å². The van der Waals surface area contributed by atoms with Crippen LogP contribution in [0.2, 0.25) is 0 Å². The SMILES string of the molecule is CCN(CCC(O)c1ccccc1F)CC(C)C. The zero-order chi connectivity index (χ0) is 13.5. The molecule has 1 unspecified atom stereocenters. The Labute approximate surface area is 109 Å². The molecule has 1 atom stereocenters. The van der Waals surface area contributed by atoms with Gasteiger partial charge in [0.25, 0.3) is 0 Å². The van der Waals surface area contributed by atoms with Gasteiger partial charge in [-0.1, -0.05) is 39.0 Å². The van der Waals surface area contributed by atoms with Crippen LogP contribution in [0.15, 0.2) is 24.3 Å². The van der Waals surface area contributed by atoms with Gasteiger partial charge in [0.1, 0.15) is 5.82 Å². The Morgan fingerprint density at radius 2 is 1.94 bits per heavy atom. The van der Waals surface area contributed by atoms with Gasteiger partial charge in [-0.25, -0.2) is 4.39 Å². The van der Waals surface area contributed by atoms with E-state index in [-0.39, 0.29) is 5.82 Å². The fourth-order valence-electron chi connectivity index (χ4n) is 2.10. The summed E-state index contributed by atoms with van der Waals surface area (Å²) >= 11 is 0. The van der Waals surface area contributed by atoms with Gasteiger partial charge in [0, 0.05) is 18.7 Å². The fourth-order valence-corrected chi connectivity index (χ4v) is 2.10. The van der Waals surface area contributed by atoms with E-state index in [4.69, 9.17) is 0 Å². The second-order valence-electron chi connectivity index (χ2n) is 5.11. The molecule has 18 heavy (non-hydrogen) atoms. The molecule has 0 saturated heterocycles. The Kier molecular flexibility index (Phi) is 6.30. The van der Waals surface area contributed by atoms with Crippen molar-refractivity contribution < 1.29 is 9.50 Å². The average Bonchev–Trinajstić information content (AvgIpc) is 2.34. The van der Waals surface area contributed by atoms with Gasteiger partial charge in [0.2, 0.25) is 0 Å². The van der Waals surface area contributed by atoms with Gasteiger partial charge in [0.05, 0.1) is 6.10 Å². The van der Waals surface area contributed by atoms with Crippen LogP contribution in [0.25, 0.3) is 0 Å². The van der Waals surface area contributed by atoms with Crippen molar-refractivity contribution in [3.05, 3.63) is 35.6 Å². The predicted molar refractivity (Wildman–Crippen MR) is 72.9 cm³/mol. The van der Waals surface area contributed by atoms with Crippen molar-refractivity contribution in [3.63, 3.8) is 0 Å². The van der Waals surface area contributed by atoms with E-state index in [0.717, 1.165) is 19.6 Å². The summed E-state index contributed by atoms with van der Waals surface area (Å²) in [4.78, 5) is 2.29. The molecule has 0 spiro atoms. The third-order valence-corrected chi connectivity index (χ3v) is 3.05. The van der Waals surface area contributed by atoms with Crippen LogP contribution in [-0.2, 0) is 0 Å². The molecular weight excluding hydrogens is 229 g/mol. The Morgan fingerprint density at radius 3 is 2.50 bits per heavy atom. The quantitative estimate of drug-likeness (QED) is 0.806. The van der Waals surface area contributed by atoms with Crippen molar-refractivity contribution in [1.82, 2.24) is 4.90 Å². The minimum absolute atomic E-state index is 0.322.